The van der Waals surface area contributed by atoms with Crippen molar-refractivity contribution in [3.05, 3.63) is 132 Å². The number of aryl methyl sites for hydroxylation is 2. The summed E-state index contributed by atoms with van der Waals surface area (Å²) in [6.07, 6.45) is 1.06. The first kappa shape index (κ1) is 23.4. The Labute approximate surface area is 214 Å². The van der Waals surface area contributed by atoms with Crippen molar-refractivity contribution in [1.82, 2.24) is 0 Å². The molecule has 36 heavy (non-hydrogen) atoms. The maximum atomic E-state index is 5.30. The van der Waals surface area contributed by atoms with Crippen LogP contribution in [0.1, 0.15) is 18.1 Å². The van der Waals surface area contributed by atoms with Gasteiger partial charge in [-0.2, -0.15) is 0 Å². The van der Waals surface area contributed by atoms with Gasteiger partial charge in [0.25, 0.3) is 0 Å². The summed E-state index contributed by atoms with van der Waals surface area (Å²) in [5.74, 6) is 0.866. The summed E-state index contributed by atoms with van der Waals surface area (Å²) >= 11 is 0. The van der Waals surface area contributed by atoms with Crippen molar-refractivity contribution in [3.63, 3.8) is 0 Å². The number of nitrogens with zero attached hydrogens (tertiary/aromatic N) is 1. The van der Waals surface area contributed by atoms with Crippen molar-refractivity contribution in [2.75, 3.05) is 12.0 Å². The van der Waals surface area contributed by atoms with E-state index in [0.717, 1.165) is 29.2 Å². The highest BCUT2D eigenvalue weighted by Crippen LogP contribution is 2.37. The molecule has 0 atom stereocenters. The molecule has 178 valence electrons. The van der Waals surface area contributed by atoms with Crippen LogP contribution in [0.4, 0.5) is 17.1 Å². The number of anilines is 3. The number of hydrogen-bond acceptors (Lipinski definition) is 2. The molecule has 0 unspecified atom stereocenters. The van der Waals surface area contributed by atoms with Gasteiger partial charge in [-0.15, -0.1) is 0 Å². The van der Waals surface area contributed by atoms with E-state index in [1.54, 1.807) is 7.11 Å². The van der Waals surface area contributed by atoms with Crippen LogP contribution < -0.4 is 9.64 Å². The molecule has 0 bridgehead atoms. The molecule has 0 aromatic heterocycles. The van der Waals surface area contributed by atoms with E-state index < -0.39 is 0 Å². The Morgan fingerprint density at radius 3 is 1.25 bits per heavy atom. The molecule has 0 aliphatic heterocycles. The summed E-state index contributed by atoms with van der Waals surface area (Å²) in [5.41, 5.74) is 10.8. The summed E-state index contributed by atoms with van der Waals surface area (Å²) in [6.45, 7) is 4.31. The van der Waals surface area contributed by atoms with E-state index in [-0.39, 0.29) is 0 Å². The van der Waals surface area contributed by atoms with Gasteiger partial charge in [0.15, 0.2) is 0 Å². The summed E-state index contributed by atoms with van der Waals surface area (Å²) in [5, 5.41) is 0. The van der Waals surface area contributed by atoms with Crippen molar-refractivity contribution in [2.45, 2.75) is 20.3 Å². The summed E-state index contributed by atoms with van der Waals surface area (Å²) in [6, 6.07) is 43.3. The molecule has 5 aromatic carbocycles. The molecule has 0 amide bonds. The first-order valence-corrected chi connectivity index (χ1v) is 12.5. The largest absolute Gasteiger partial charge is 0.497 e. The minimum Gasteiger partial charge on any atom is -0.497 e. The monoisotopic (exact) mass is 469 g/mol. The molecule has 0 saturated heterocycles. The smallest absolute Gasteiger partial charge is 0.118 e. The quantitative estimate of drug-likeness (QED) is 0.235. The molecule has 5 aromatic rings. The molecular formula is C34H31NO. The molecule has 0 aliphatic carbocycles. The zero-order chi connectivity index (χ0) is 24.9. The first-order chi connectivity index (χ1) is 17.6. The van der Waals surface area contributed by atoms with Gasteiger partial charge in [-0.1, -0.05) is 85.3 Å². The van der Waals surface area contributed by atoms with Crippen LogP contribution in [-0.2, 0) is 6.42 Å². The summed E-state index contributed by atoms with van der Waals surface area (Å²) in [4.78, 5) is 2.31. The zero-order valence-electron chi connectivity index (χ0n) is 21.1. The van der Waals surface area contributed by atoms with E-state index in [1.807, 2.05) is 12.1 Å². The second-order valence-corrected chi connectivity index (χ2v) is 9.04. The van der Waals surface area contributed by atoms with Gasteiger partial charge in [-0.25, -0.2) is 0 Å². The lowest BCUT2D eigenvalue weighted by molar-refractivity contribution is 0.415. The third-order valence-corrected chi connectivity index (χ3v) is 6.66. The molecule has 5 rings (SSSR count). The fourth-order valence-corrected chi connectivity index (χ4v) is 4.46. The van der Waals surface area contributed by atoms with Crippen molar-refractivity contribution < 1.29 is 4.74 Å². The van der Waals surface area contributed by atoms with E-state index in [4.69, 9.17) is 4.74 Å². The maximum absolute atomic E-state index is 5.30. The van der Waals surface area contributed by atoms with Gasteiger partial charge in [0.1, 0.15) is 5.75 Å². The third kappa shape index (κ3) is 5.04. The fraction of sp³-hybridized carbons (Fsp3) is 0.118. The highest BCUT2D eigenvalue weighted by atomic mass is 16.5. The minimum atomic E-state index is 0.866. The number of rotatable bonds is 7. The molecule has 0 saturated carbocycles. The predicted octanol–water partition coefficient (Wildman–Crippen LogP) is 9.37. The molecule has 0 radical (unpaired) electrons. The van der Waals surface area contributed by atoms with E-state index in [2.05, 4.69) is 128 Å². The number of methoxy groups -OCH3 is 1. The lowest BCUT2D eigenvalue weighted by Gasteiger charge is -2.26. The van der Waals surface area contributed by atoms with Crippen molar-refractivity contribution >= 4 is 17.1 Å². The summed E-state index contributed by atoms with van der Waals surface area (Å²) < 4.78 is 5.30. The minimum absolute atomic E-state index is 0.866. The Bertz CT molecular complexity index is 1310. The average molecular weight is 470 g/mol. The van der Waals surface area contributed by atoms with Crippen LogP contribution in [0.2, 0.25) is 0 Å². The van der Waals surface area contributed by atoms with Crippen LogP contribution in [0.3, 0.4) is 0 Å². The number of ether oxygens (including phenoxy) is 1. The second kappa shape index (κ2) is 10.5. The van der Waals surface area contributed by atoms with Crippen LogP contribution in [0.15, 0.2) is 121 Å². The molecule has 2 nitrogen and oxygen atoms in total. The van der Waals surface area contributed by atoms with Crippen molar-refractivity contribution in [1.29, 1.82) is 0 Å². The Kier molecular flexibility index (Phi) is 6.86. The molecular weight excluding hydrogens is 438 g/mol. The third-order valence-electron chi connectivity index (χ3n) is 6.66. The van der Waals surface area contributed by atoms with Gasteiger partial charge in [0.05, 0.1) is 7.11 Å². The van der Waals surface area contributed by atoms with Gasteiger partial charge in [0.2, 0.25) is 0 Å². The standard InChI is InChI=1S/C34H31NO/c1-4-26-7-9-27(10-8-26)28-11-19-32(20-12-28)35(31-17-5-25(2)6-18-31)33-21-13-29(14-22-33)30-15-23-34(36-3)24-16-30/h5-24H,4H2,1-3H3. The molecule has 0 N–H and O–H groups in total. The SMILES string of the molecule is CCc1ccc(-c2ccc(N(c3ccc(C)cc3)c3ccc(-c4ccc(OC)cc4)cc3)cc2)cc1. The van der Waals surface area contributed by atoms with Crippen LogP contribution in [0, 0.1) is 6.92 Å². The second-order valence-electron chi connectivity index (χ2n) is 9.04. The lowest BCUT2D eigenvalue weighted by atomic mass is 10.0. The Balaban J connectivity index is 1.48. The number of benzene rings is 5. The van der Waals surface area contributed by atoms with E-state index in [0.29, 0.717) is 0 Å². The molecule has 0 aliphatic rings. The van der Waals surface area contributed by atoms with Gasteiger partial charge in [-0.05, 0) is 89.7 Å². The average Bonchev–Trinajstić information content (AvgIpc) is 2.95. The molecule has 2 heteroatoms. The Morgan fingerprint density at radius 1 is 0.500 bits per heavy atom. The van der Waals surface area contributed by atoms with Crippen LogP contribution >= 0.6 is 0 Å². The van der Waals surface area contributed by atoms with Gasteiger partial charge >= 0.3 is 0 Å². The van der Waals surface area contributed by atoms with Crippen LogP contribution in [-0.4, -0.2) is 7.11 Å². The summed E-state index contributed by atoms with van der Waals surface area (Å²) in [7, 11) is 1.69. The van der Waals surface area contributed by atoms with Gasteiger partial charge < -0.3 is 9.64 Å². The Hall–Kier alpha value is -4.30. The normalized spacial score (nSPS) is 10.8. The highest BCUT2D eigenvalue weighted by Gasteiger charge is 2.13. The number of hydrogen-bond donors (Lipinski definition) is 0. The van der Waals surface area contributed by atoms with E-state index in [1.165, 1.54) is 33.4 Å². The van der Waals surface area contributed by atoms with Crippen molar-refractivity contribution in [3.8, 4) is 28.0 Å². The first-order valence-electron chi connectivity index (χ1n) is 12.5. The lowest BCUT2D eigenvalue weighted by Crippen LogP contribution is -2.09. The van der Waals surface area contributed by atoms with Crippen LogP contribution in [0.25, 0.3) is 22.3 Å². The van der Waals surface area contributed by atoms with E-state index >= 15 is 0 Å². The Morgan fingerprint density at radius 2 is 0.861 bits per heavy atom. The molecule has 0 spiro atoms. The topological polar surface area (TPSA) is 12.5 Å². The maximum Gasteiger partial charge on any atom is 0.118 e. The van der Waals surface area contributed by atoms with Crippen LogP contribution in [0.5, 0.6) is 5.75 Å². The predicted molar refractivity (Wildman–Crippen MR) is 153 cm³/mol. The van der Waals surface area contributed by atoms with Gasteiger partial charge in [0, 0.05) is 17.1 Å². The zero-order valence-corrected chi connectivity index (χ0v) is 21.1. The van der Waals surface area contributed by atoms with E-state index in [9.17, 15) is 0 Å². The molecule has 0 fully saturated rings. The van der Waals surface area contributed by atoms with Gasteiger partial charge in [-0.3, -0.25) is 0 Å². The fourth-order valence-electron chi connectivity index (χ4n) is 4.46. The van der Waals surface area contributed by atoms with Crippen molar-refractivity contribution in [2.24, 2.45) is 0 Å². The molecule has 0 heterocycles. The highest BCUT2D eigenvalue weighted by molar-refractivity contribution is 5.79.